The maximum atomic E-state index is 10.2. The van der Waals surface area contributed by atoms with Gasteiger partial charge in [-0.2, -0.15) is 0 Å². The van der Waals surface area contributed by atoms with Gasteiger partial charge in [0, 0.05) is 13.2 Å². The number of rotatable bonds is 10. The van der Waals surface area contributed by atoms with Gasteiger partial charge in [0.1, 0.15) is 17.3 Å². The molecule has 1 N–H and O–H groups in total. The molecule has 1 atom stereocenters. The van der Waals surface area contributed by atoms with Crippen LogP contribution in [0.3, 0.4) is 0 Å². The van der Waals surface area contributed by atoms with Crippen molar-refractivity contribution in [3.63, 3.8) is 0 Å². The van der Waals surface area contributed by atoms with Crippen molar-refractivity contribution < 1.29 is 18.7 Å². The molecular weight excluding hydrogens is 294 g/mol. The molecule has 0 spiro atoms. The monoisotopic (exact) mass is 321 g/mol. The van der Waals surface area contributed by atoms with Crippen molar-refractivity contribution in [2.45, 2.75) is 40.0 Å². The maximum Gasteiger partial charge on any atom is 0.118 e. The molecule has 2 aromatic heterocycles. The van der Waals surface area contributed by atoms with Gasteiger partial charge >= 0.3 is 0 Å². The second-order valence-electron chi connectivity index (χ2n) is 6.35. The molecule has 0 amide bonds. The van der Waals surface area contributed by atoms with E-state index in [2.05, 4.69) is 18.7 Å². The fourth-order valence-corrected chi connectivity index (χ4v) is 2.39. The second-order valence-corrected chi connectivity index (χ2v) is 6.35. The minimum atomic E-state index is -0.542. The van der Waals surface area contributed by atoms with Gasteiger partial charge in [0.05, 0.1) is 32.1 Å². The van der Waals surface area contributed by atoms with E-state index in [0.717, 1.165) is 17.3 Å². The molecule has 0 radical (unpaired) electrons. The van der Waals surface area contributed by atoms with E-state index in [0.29, 0.717) is 38.8 Å². The highest BCUT2D eigenvalue weighted by atomic mass is 16.5. The van der Waals surface area contributed by atoms with E-state index >= 15 is 0 Å². The van der Waals surface area contributed by atoms with Crippen LogP contribution in [0.5, 0.6) is 0 Å². The van der Waals surface area contributed by atoms with E-state index < -0.39 is 6.10 Å². The molecule has 2 heterocycles. The van der Waals surface area contributed by atoms with Crippen molar-refractivity contribution in [3.8, 4) is 0 Å². The van der Waals surface area contributed by atoms with Crippen molar-refractivity contribution >= 4 is 0 Å². The zero-order chi connectivity index (χ0) is 16.7. The normalized spacial score (nSPS) is 13.1. The first-order chi connectivity index (χ1) is 11.0. The van der Waals surface area contributed by atoms with E-state index in [4.69, 9.17) is 13.6 Å². The number of nitrogens with zero attached hydrogens (tertiary/aromatic N) is 1. The van der Waals surface area contributed by atoms with Crippen molar-refractivity contribution in [2.75, 3.05) is 19.8 Å². The van der Waals surface area contributed by atoms with Crippen molar-refractivity contribution in [1.29, 1.82) is 0 Å². The molecule has 128 valence electrons. The van der Waals surface area contributed by atoms with Gasteiger partial charge < -0.3 is 18.7 Å². The largest absolute Gasteiger partial charge is 0.468 e. The van der Waals surface area contributed by atoms with Gasteiger partial charge in [0.2, 0.25) is 0 Å². The SMILES string of the molecule is Cc1ccc(CN(Cc2ccco2)C[C@H](O)COCC(C)C)o1. The van der Waals surface area contributed by atoms with Gasteiger partial charge in [-0.1, -0.05) is 13.8 Å². The Balaban J connectivity index is 1.89. The summed E-state index contributed by atoms with van der Waals surface area (Å²) in [6.07, 6.45) is 1.12. The summed E-state index contributed by atoms with van der Waals surface area (Å²) < 4.78 is 16.6. The van der Waals surface area contributed by atoms with Gasteiger partial charge in [-0.25, -0.2) is 0 Å². The van der Waals surface area contributed by atoms with E-state index in [9.17, 15) is 5.11 Å². The first kappa shape index (κ1) is 17.8. The van der Waals surface area contributed by atoms with Crippen molar-refractivity contribution in [2.24, 2.45) is 5.92 Å². The van der Waals surface area contributed by atoms with Gasteiger partial charge in [-0.15, -0.1) is 0 Å². The highest BCUT2D eigenvalue weighted by Gasteiger charge is 2.16. The number of aryl methyl sites for hydroxylation is 1. The molecule has 0 aliphatic rings. The number of aliphatic hydroxyl groups is 1. The summed E-state index contributed by atoms with van der Waals surface area (Å²) in [5.41, 5.74) is 0. The maximum absolute atomic E-state index is 10.2. The lowest BCUT2D eigenvalue weighted by molar-refractivity contribution is 0.00359. The lowest BCUT2D eigenvalue weighted by Crippen LogP contribution is -2.34. The lowest BCUT2D eigenvalue weighted by Gasteiger charge is -2.23. The summed E-state index contributed by atoms with van der Waals surface area (Å²) in [7, 11) is 0. The van der Waals surface area contributed by atoms with E-state index in [1.165, 1.54) is 0 Å². The molecule has 0 saturated heterocycles. The van der Waals surface area contributed by atoms with Crippen LogP contribution in [0.2, 0.25) is 0 Å². The molecule has 0 aromatic carbocycles. The highest BCUT2D eigenvalue weighted by Crippen LogP contribution is 2.13. The molecule has 2 rings (SSSR count). The summed E-state index contributed by atoms with van der Waals surface area (Å²) in [4.78, 5) is 2.10. The third-order valence-electron chi connectivity index (χ3n) is 3.37. The Hall–Kier alpha value is -1.56. The van der Waals surface area contributed by atoms with E-state index in [1.54, 1.807) is 6.26 Å². The van der Waals surface area contributed by atoms with Gasteiger partial charge in [-0.05, 0) is 37.1 Å². The Kier molecular flexibility index (Phi) is 6.89. The molecule has 2 aromatic rings. The molecule has 0 saturated carbocycles. The fourth-order valence-electron chi connectivity index (χ4n) is 2.39. The van der Waals surface area contributed by atoms with E-state index in [-0.39, 0.29) is 0 Å². The minimum Gasteiger partial charge on any atom is -0.468 e. The average Bonchev–Trinajstić information content (AvgIpc) is 3.10. The molecule has 0 unspecified atom stereocenters. The van der Waals surface area contributed by atoms with Crippen LogP contribution < -0.4 is 0 Å². The lowest BCUT2D eigenvalue weighted by atomic mass is 10.2. The molecule has 0 aliphatic carbocycles. The topological polar surface area (TPSA) is 59.0 Å². The summed E-state index contributed by atoms with van der Waals surface area (Å²) >= 11 is 0. The fraction of sp³-hybridized carbons (Fsp3) is 0.556. The molecule has 5 nitrogen and oxygen atoms in total. The Morgan fingerprint density at radius 3 is 2.52 bits per heavy atom. The standard InChI is InChI=1S/C18H27NO4/c1-14(2)12-21-13-16(20)9-19(10-17-5-4-8-22-17)11-18-7-6-15(3)23-18/h4-8,14,16,20H,9-13H2,1-3H3/t16-/m0/s1. The zero-order valence-corrected chi connectivity index (χ0v) is 14.2. The Labute approximate surface area is 137 Å². The molecule has 5 heteroatoms. The predicted molar refractivity (Wildman–Crippen MR) is 87.9 cm³/mol. The molecule has 0 fully saturated rings. The third kappa shape index (κ3) is 6.60. The van der Waals surface area contributed by atoms with Crippen LogP contribution in [0, 0.1) is 12.8 Å². The van der Waals surface area contributed by atoms with Crippen molar-refractivity contribution in [1.82, 2.24) is 4.90 Å². The number of hydrogen-bond donors (Lipinski definition) is 1. The molecule has 0 bridgehead atoms. The quantitative estimate of drug-likeness (QED) is 0.728. The van der Waals surface area contributed by atoms with Gasteiger partial charge in [0.25, 0.3) is 0 Å². The average molecular weight is 321 g/mol. The Morgan fingerprint density at radius 1 is 1.13 bits per heavy atom. The van der Waals surface area contributed by atoms with Crippen LogP contribution in [-0.4, -0.2) is 35.9 Å². The summed E-state index contributed by atoms with van der Waals surface area (Å²) in [5, 5.41) is 10.2. The zero-order valence-electron chi connectivity index (χ0n) is 14.2. The first-order valence-electron chi connectivity index (χ1n) is 8.08. The predicted octanol–water partition coefficient (Wildman–Crippen LogP) is 3.22. The Morgan fingerprint density at radius 2 is 1.91 bits per heavy atom. The van der Waals surface area contributed by atoms with Crippen LogP contribution >= 0.6 is 0 Å². The summed E-state index contributed by atoms with van der Waals surface area (Å²) in [5.74, 6) is 3.10. The number of ether oxygens (including phenoxy) is 1. The molecule has 0 aliphatic heterocycles. The van der Waals surface area contributed by atoms with Crippen LogP contribution in [0.4, 0.5) is 0 Å². The van der Waals surface area contributed by atoms with Crippen LogP contribution in [0.15, 0.2) is 39.4 Å². The van der Waals surface area contributed by atoms with Gasteiger partial charge in [-0.3, -0.25) is 4.90 Å². The first-order valence-corrected chi connectivity index (χ1v) is 8.08. The number of aliphatic hydroxyl groups excluding tert-OH is 1. The third-order valence-corrected chi connectivity index (χ3v) is 3.37. The second kappa shape index (κ2) is 8.91. The summed E-state index contributed by atoms with van der Waals surface area (Å²) in [6.45, 7) is 8.84. The highest BCUT2D eigenvalue weighted by molar-refractivity contribution is 5.06. The van der Waals surface area contributed by atoms with Crippen LogP contribution in [-0.2, 0) is 17.8 Å². The van der Waals surface area contributed by atoms with Crippen LogP contribution in [0.1, 0.15) is 31.1 Å². The Bertz CT molecular complexity index is 547. The number of furan rings is 2. The smallest absolute Gasteiger partial charge is 0.118 e. The number of hydrogen-bond acceptors (Lipinski definition) is 5. The minimum absolute atomic E-state index is 0.337. The van der Waals surface area contributed by atoms with E-state index in [1.807, 2.05) is 31.2 Å². The molecule has 23 heavy (non-hydrogen) atoms. The van der Waals surface area contributed by atoms with Gasteiger partial charge in [0.15, 0.2) is 0 Å². The summed E-state index contributed by atoms with van der Waals surface area (Å²) in [6, 6.07) is 7.71. The molecular formula is C18H27NO4. The van der Waals surface area contributed by atoms with Crippen LogP contribution in [0.25, 0.3) is 0 Å². The van der Waals surface area contributed by atoms with Crippen molar-refractivity contribution in [3.05, 3.63) is 47.8 Å².